The second-order valence-electron chi connectivity index (χ2n) is 8.32. The standard InChI is InChI=1S/C19H27N3O4/c23-16-10-15(26-20-16)4-5-17(24)21-9-1-7-19(12-21)8-6-18(25)22(13-19)11-14-2-3-14/h10,14H,1-9,11-13H2,(H,20,23). The minimum Gasteiger partial charge on any atom is -0.384 e. The van der Waals surface area contributed by atoms with Crippen molar-refractivity contribution in [3.05, 3.63) is 22.2 Å². The van der Waals surface area contributed by atoms with Gasteiger partial charge in [0.05, 0.1) is 0 Å². The van der Waals surface area contributed by atoms with E-state index in [0.717, 1.165) is 45.4 Å². The first kappa shape index (κ1) is 17.4. The number of carbonyl (C=O) groups is 2. The van der Waals surface area contributed by atoms with Crippen molar-refractivity contribution in [2.24, 2.45) is 11.3 Å². The van der Waals surface area contributed by atoms with Crippen molar-refractivity contribution in [3.8, 4) is 0 Å². The molecule has 0 bridgehead atoms. The van der Waals surface area contributed by atoms with Gasteiger partial charge >= 0.3 is 0 Å². The zero-order valence-corrected chi connectivity index (χ0v) is 15.2. The average molecular weight is 361 g/mol. The molecule has 7 heteroatoms. The number of piperidine rings is 2. The lowest BCUT2D eigenvalue weighted by atomic mass is 9.73. The molecule has 142 valence electrons. The third kappa shape index (κ3) is 3.86. The number of carbonyl (C=O) groups excluding carboxylic acids is 2. The summed E-state index contributed by atoms with van der Waals surface area (Å²) in [5.74, 6) is 1.62. The minimum absolute atomic E-state index is 0.0668. The first-order valence-electron chi connectivity index (χ1n) is 9.76. The molecule has 1 aliphatic carbocycles. The lowest BCUT2D eigenvalue weighted by molar-refractivity contribution is -0.143. The maximum absolute atomic E-state index is 12.7. The Morgan fingerprint density at radius 2 is 2.12 bits per heavy atom. The highest BCUT2D eigenvalue weighted by molar-refractivity contribution is 5.78. The summed E-state index contributed by atoms with van der Waals surface area (Å²) in [6.07, 6.45) is 6.88. The van der Waals surface area contributed by atoms with Crippen LogP contribution in [0.15, 0.2) is 15.4 Å². The van der Waals surface area contributed by atoms with Crippen LogP contribution >= 0.6 is 0 Å². The number of nitrogens with zero attached hydrogens (tertiary/aromatic N) is 2. The van der Waals surface area contributed by atoms with Crippen molar-refractivity contribution in [1.29, 1.82) is 0 Å². The van der Waals surface area contributed by atoms with Crippen LogP contribution in [-0.4, -0.2) is 52.9 Å². The van der Waals surface area contributed by atoms with Gasteiger partial charge in [0.1, 0.15) is 5.76 Å². The Morgan fingerprint density at radius 1 is 1.27 bits per heavy atom. The first-order chi connectivity index (χ1) is 12.5. The largest absolute Gasteiger partial charge is 0.384 e. The van der Waals surface area contributed by atoms with Gasteiger partial charge in [0.25, 0.3) is 5.56 Å². The molecular weight excluding hydrogens is 334 g/mol. The van der Waals surface area contributed by atoms with Gasteiger partial charge in [0.2, 0.25) is 11.8 Å². The van der Waals surface area contributed by atoms with Crippen LogP contribution in [0.3, 0.4) is 0 Å². The van der Waals surface area contributed by atoms with E-state index in [1.807, 2.05) is 4.90 Å². The molecule has 1 spiro atoms. The minimum atomic E-state index is -0.271. The monoisotopic (exact) mass is 361 g/mol. The predicted octanol–water partition coefficient (Wildman–Crippen LogP) is 1.54. The van der Waals surface area contributed by atoms with E-state index in [0.29, 0.717) is 30.9 Å². The summed E-state index contributed by atoms with van der Waals surface area (Å²) in [7, 11) is 0. The van der Waals surface area contributed by atoms with Crippen LogP contribution < -0.4 is 5.56 Å². The van der Waals surface area contributed by atoms with E-state index in [2.05, 4.69) is 10.1 Å². The number of amides is 2. The van der Waals surface area contributed by atoms with Crippen LogP contribution in [0.2, 0.25) is 0 Å². The highest BCUT2D eigenvalue weighted by atomic mass is 16.5. The van der Waals surface area contributed by atoms with Gasteiger partial charge in [-0.2, -0.15) is 5.16 Å². The van der Waals surface area contributed by atoms with Gasteiger partial charge in [-0.3, -0.25) is 14.4 Å². The number of hydrogen-bond donors (Lipinski definition) is 1. The number of aromatic amines is 1. The molecule has 3 fully saturated rings. The SMILES string of the molecule is O=C(CCc1cc(=O)[nH]o1)N1CCCC2(CCC(=O)N(CC3CC3)C2)C1. The summed E-state index contributed by atoms with van der Waals surface area (Å²) in [4.78, 5) is 40.0. The van der Waals surface area contributed by atoms with E-state index < -0.39 is 0 Å². The maximum atomic E-state index is 12.7. The zero-order valence-electron chi connectivity index (χ0n) is 15.2. The molecule has 0 radical (unpaired) electrons. The number of rotatable bonds is 5. The van der Waals surface area contributed by atoms with E-state index >= 15 is 0 Å². The molecule has 1 N–H and O–H groups in total. The van der Waals surface area contributed by atoms with Crippen LogP contribution in [-0.2, 0) is 16.0 Å². The molecule has 1 unspecified atom stereocenters. The quantitative estimate of drug-likeness (QED) is 0.862. The highest BCUT2D eigenvalue weighted by Gasteiger charge is 2.43. The summed E-state index contributed by atoms with van der Waals surface area (Å²) < 4.78 is 5.03. The lowest BCUT2D eigenvalue weighted by Crippen LogP contribution is -2.55. The number of aromatic nitrogens is 1. The lowest BCUT2D eigenvalue weighted by Gasteiger charge is -2.48. The number of nitrogens with one attached hydrogen (secondary N) is 1. The molecule has 3 heterocycles. The number of hydrogen-bond acceptors (Lipinski definition) is 4. The zero-order chi connectivity index (χ0) is 18.1. The predicted molar refractivity (Wildman–Crippen MR) is 94.4 cm³/mol. The Morgan fingerprint density at radius 3 is 2.85 bits per heavy atom. The van der Waals surface area contributed by atoms with Gasteiger partial charge in [-0.1, -0.05) is 0 Å². The van der Waals surface area contributed by atoms with Crippen molar-refractivity contribution in [2.45, 2.75) is 51.4 Å². The molecule has 1 saturated carbocycles. The summed E-state index contributed by atoms with van der Waals surface area (Å²) >= 11 is 0. The fourth-order valence-electron chi connectivity index (χ4n) is 4.47. The Balaban J connectivity index is 1.35. The molecule has 1 atom stereocenters. The molecule has 7 nitrogen and oxygen atoms in total. The van der Waals surface area contributed by atoms with Gasteiger partial charge in [0, 0.05) is 56.9 Å². The van der Waals surface area contributed by atoms with Crippen molar-refractivity contribution in [2.75, 3.05) is 26.2 Å². The summed E-state index contributed by atoms with van der Waals surface area (Å²) in [5.41, 5.74) is -0.204. The topological polar surface area (TPSA) is 86.6 Å². The Labute approximate surface area is 152 Å². The van der Waals surface area contributed by atoms with Crippen molar-refractivity contribution in [3.63, 3.8) is 0 Å². The third-order valence-corrected chi connectivity index (χ3v) is 6.10. The van der Waals surface area contributed by atoms with Crippen molar-refractivity contribution >= 4 is 11.8 Å². The molecule has 0 aromatic carbocycles. The number of likely N-dealkylation sites (tertiary alicyclic amines) is 2. The highest BCUT2D eigenvalue weighted by Crippen LogP contribution is 2.40. The van der Waals surface area contributed by atoms with E-state index in [4.69, 9.17) is 4.52 Å². The second kappa shape index (κ2) is 6.93. The van der Waals surface area contributed by atoms with Gasteiger partial charge in [0.15, 0.2) is 0 Å². The van der Waals surface area contributed by atoms with E-state index in [-0.39, 0.29) is 22.8 Å². The number of aryl methyl sites for hydroxylation is 1. The van der Waals surface area contributed by atoms with Crippen molar-refractivity contribution < 1.29 is 14.1 Å². The van der Waals surface area contributed by atoms with Gasteiger partial charge in [-0.25, -0.2) is 0 Å². The van der Waals surface area contributed by atoms with Crippen LogP contribution in [0.1, 0.15) is 50.7 Å². The van der Waals surface area contributed by atoms with Crippen LogP contribution in [0.5, 0.6) is 0 Å². The molecule has 3 aliphatic rings. The van der Waals surface area contributed by atoms with Gasteiger partial charge < -0.3 is 14.3 Å². The average Bonchev–Trinajstić information content (AvgIpc) is 3.35. The fourth-order valence-corrected chi connectivity index (χ4v) is 4.47. The summed E-state index contributed by atoms with van der Waals surface area (Å²) in [6, 6.07) is 1.40. The second-order valence-corrected chi connectivity index (χ2v) is 8.32. The van der Waals surface area contributed by atoms with E-state index in [1.54, 1.807) is 0 Å². The van der Waals surface area contributed by atoms with Gasteiger partial charge in [-0.15, -0.1) is 0 Å². The molecule has 2 saturated heterocycles. The molecule has 1 aromatic rings. The van der Waals surface area contributed by atoms with Crippen LogP contribution in [0.4, 0.5) is 0 Å². The molecule has 26 heavy (non-hydrogen) atoms. The van der Waals surface area contributed by atoms with Crippen molar-refractivity contribution in [1.82, 2.24) is 15.0 Å². The molecular formula is C19H27N3O4. The molecule has 4 rings (SSSR count). The smallest absolute Gasteiger partial charge is 0.280 e. The van der Waals surface area contributed by atoms with Gasteiger partial charge in [-0.05, 0) is 38.0 Å². The van der Waals surface area contributed by atoms with Crippen LogP contribution in [0.25, 0.3) is 0 Å². The Bertz CT molecular complexity index is 735. The maximum Gasteiger partial charge on any atom is 0.280 e. The van der Waals surface area contributed by atoms with E-state index in [1.165, 1.54) is 18.9 Å². The fraction of sp³-hybridized carbons (Fsp3) is 0.737. The summed E-state index contributed by atoms with van der Waals surface area (Å²) in [6.45, 7) is 3.24. The molecule has 1 aromatic heterocycles. The first-order valence-corrected chi connectivity index (χ1v) is 9.76. The third-order valence-electron chi connectivity index (χ3n) is 6.10. The Hall–Kier alpha value is -2.05. The Kier molecular flexibility index (Phi) is 4.63. The molecule has 2 aliphatic heterocycles. The molecule has 2 amide bonds. The summed E-state index contributed by atoms with van der Waals surface area (Å²) in [5, 5.41) is 2.26. The number of H-pyrrole nitrogens is 1. The normalized spacial score (nSPS) is 26.5. The van der Waals surface area contributed by atoms with E-state index in [9.17, 15) is 14.4 Å². The van der Waals surface area contributed by atoms with Crippen LogP contribution in [0, 0.1) is 11.3 Å².